The van der Waals surface area contributed by atoms with Gasteiger partial charge in [-0.05, 0) is 25.1 Å². The van der Waals surface area contributed by atoms with Crippen molar-refractivity contribution >= 4 is 17.3 Å². The van der Waals surface area contributed by atoms with E-state index in [-0.39, 0.29) is 5.76 Å². The number of nitrogens with two attached hydrogens (primary N) is 1. The molecule has 2 rings (SSSR count). The van der Waals surface area contributed by atoms with Crippen molar-refractivity contribution in [2.75, 3.05) is 11.1 Å². The lowest BCUT2D eigenvalue weighted by atomic mass is 10.2. The number of benzene rings is 1. The summed E-state index contributed by atoms with van der Waals surface area (Å²) in [5.41, 5.74) is 7.51. The molecule has 0 fully saturated rings. The first-order valence-corrected chi connectivity index (χ1v) is 5.14. The number of anilines is 2. The van der Waals surface area contributed by atoms with Crippen LogP contribution >= 0.6 is 0 Å². The first-order valence-electron chi connectivity index (χ1n) is 5.14. The lowest BCUT2D eigenvalue weighted by Crippen LogP contribution is -2.12. The summed E-state index contributed by atoms with van der Waals surface area (Å²) in [6.45, 7) is 1.72. The van der Waals surface area contributed by atoms with Crippen LogP contribution in [0.25, 0.3) is 0 Å². The van der Waals surface area contributed by atoms with Crippen molar-refractivity contribution in [2.45, 2.75) is 6.92 Å². The predicted octanol–water partition coefficient (Wildman–Crippen LogP) is 1.69. The van der Waals surface area contributed by atoms with E-state index in [1.54, 1.807) is 19.1 Å². The van der Waals surface area contributed by atoms with E-state index in [0.717, 1.165) is 0 Å². The summed E-state index contributed by atoms with van der Waals surface area (Å²) in [7, 11) is 0. The standard InChI is InChI=1S/C12H10N4O2/c1-7-4-11(18-16-7)12(17)15-10-3-2-8(6-13)5-9(10)14/h2-5H,14H2,1H3,(H,15,17). The number of aryl methyl sites for hydroxylation is 1. The molecule has 1 aromatic carbocycles. The van der Waals surface area contributed by atoms with Gasteiger partial charge in [0.15, 0.2) is 0 Å². The van der Waals surface area contributed by atoms with Crippen molar-refractivity contribution in [3.8, 4) is 6.07 Å². The lowest BCUT2D eigenvalue weighted by Gasteiger charge is -2.06. The summed E-state index contributed by atoms with van der Waals surface area (Å²) < 4.78 is 4.83. The molecule has 0 spiro atoms. The molecule has 0 radical (unpaired) electrons. The highest BCUT2D eigenvalue weighted by Crippen LogP contribution is 2.20. The van der Waals surface area contributed by atoms with E-state index < -0.39 is 5.91 Å². The monoisotopic (exact) mass is 242 g/mol. The first-order chi connectivity index (χ1) is 8.60. The zero-order valence-electron chi connectivity index (χ0n) is 9.60. The van der Waals surface area contributed by atoms with Crippen LogP contribution in [0.5, 0.6) is 0 Å². The molecule has 0 aliphatic carbocycles. The number of carbonyl (C=O) groups excluding carboxylic acids is 1. The van der Waals surface area contributed by atoms with E-state index in [4.69, 9.17) is 15.5 Å². The van der Waals surface area contributed by atoms with Crippen LogP contribution in [-0.4, -0.2) is 11.1 Å². The number of hydrogen-bond donors (Lipinski definition) is 2. The Morgan fingerprint density at radius 2 is 2.28 bits per heavy atom. The topological polar surface area (TPSA) is 105 Å². The summed E-state index contributed by atoms with van der Waals surface area (Å²) in [5, 5.41) is 14.9. The van der Waals surface area contributed by atoms with Crippen molar-refractivity contribution in [2.24, 2.45) is 0 Å². The number of hydrogen-bond acceptors (Lipinski definition) is 5. The van der Waals surface area contributed by atoms with Gasteiger partial charge in [0.2, 0.25) is 5.76 Å². The van der Waals surface area contributed by atoms with E-state index in [0.29, 0.717) is 22.6 Å². The summed E-state index contributed by atoms with van der Waals surface area (Å²) in [6.07, 6.45) is 0. The Labute approximate surface area is 103 Å². The average Bonchev–Trinajstić information content (AvgIpc) is 2.78. The number of nitriles is 1. The van der Waals surface area contributed by atoms with Gasteiger partial charge in [-0.3, -0.25) is 4.79 Å². The molecule has 0 saturated heterocycles. The predicted molar refractivity (Wildman–Crippen MR) is 64.8 cm³/mol. The van der Waals surface area contributed by atoms with Crippen LogP contribution in [0, 0.1) is 18.3 Å². The second kappa shape index (κ2) is 4.59. The lowest BCUT2D eigenvalue weighted by molar-refractivity contribution is 0.0988. The van der Waals surface area contributed by atoms with E-state index in [1.807, 2.05) is 6.07 Å². The van der Waals surface area contributed by atoms with E-state index in [9.17, 15) is 4.79 Å². The van der Waals surface area contributed by atoms with Crippen LogP contribution < -0.4 is 11.1 Å². The summed E-state index contributed by atoms with van der Waals surface area (Å²) >= 11 is 0. The molecule has 6 nitrogen and oxygen atoms in total. The Bertz CT molecular complexity index is 640. The van der Waals surface area contributed by atoms with Crippen LogP contribution in [-0.2, 0) is 0 Å². The summed E-state index contributed by atoms with van der Waals surface area (Å²) in [6, 6.07) is 8.10. The third-order valence-corrected chi connectivity index (χ3v) is 2.28. The van der Waals surface area contributed by atoms with E-state index in [2.05, 4.69) is 10.5 Å². The van der Waals surface area contributed by atoms with Crippen LogP contribution in [0.2, 0.25) is 0 Å². The molecule has 0 atom stereocenters. The fraction of sp³-hybridized carbons (Fsp3) is 0.0833. The molecule has 2 aromatic rings. The Kier molecular flexibility index (Phi) is 2.98. The second-order valence-corrected chi connectivity index (χ2v) is 3.70. The minimum Gasteiger partial charge on any atom is -0.397 e. The van der Waals surface area contributed by atoms with Gasteiger partial charge < -0.3 is 15.6 Å². The maximum atomic E-state index is 11.8. The maximum Gasteiger partial charge on any atom is 0.294 e. The van der Waals surface area contributed by atoms with Crippen LogP contribution in [0.4, 0.5) is 11.4 Å². The highest BCUT2D eigenvalue weighted by molar-refractivity contribution is 6.03. The van der Waals surface area contributed by atoms with Crippen molar-refractivity contribution < 1.29 is 9.32 Å². The first kappa shape index (κ1) is 11.7. The van der Waals surface area contributed by atoms with Crippen molar-refractivity contribution in [3.05, 3.63) is 41.3 Å². The normalized spacial score (nSPS) is 9.78. The van der Waals surface area contributed by atoms with Crippen molar-refractivity contribution in [1.29, 1.82) is 5.26 Å². The van der Waals surface area contributed by atoms with Crippen molar-refractivity contribution in [3.63, 3.8) is 0 Å². The van der Waals surface area contributed by atoms with Crippen LogP contribution in [0.3, 0.4) is 0 Å². The number of aromatic nitrogens is 1. The largest absolute Gasteiger partial charge is 0.397 e. The number of amides is 1. The molecule has 0 aliphatic heterocycles. The molecular formula is C12H10N4O2. The molecular weight excluding hydrogens is 232 g/mol. The molecule has 3 N–H and O–H groups in total. The molecule has 0 bridgehead atoms. The van der Waals surface area contributed by atoms with Gasteiger partial charge in [-0.25, -0.2) is 0 Å². The molecule has 0 saturated carbocycles. The molecule has 1 amide bonds. The minimum atomic E-state index is -0.438. The molecule has 6 heteroatoms. The van der Waals surface area contributed by atoms with E-state index in [1.165, 1.54) is 12.1 Å². The Morgan fingerprint density at radius 3 is 2.83 bits per heavy atom. The third kappa shape index (κ3) is 2.30. The smallest absolute Gasteiger partial charge is 0.294 e. The van der Waals surface area contributed by atoms with Crippen molar-refractivity contribution in [1.82, 2.24) is 5.16 Å². The quantitative estimate of drug-likeness (QED) is 0.779. The fourth-order valence-corrected chi connectivity index (χ4v) is 1.40. The number of rotatable bonds is 2. The SMILES string of the molecule is Cc1cc(C(=O)Nc2ccc(C#N)cc2N)on1. The van der Waals surface area contributed by atoms with E-state index >= 15 is 0 Å². The number of nitrogen functional groups attached to an aromatic ring is 1. The molecule has 1 heterocycles. The number of carbonyl (C=O) groups is 1. The molecule has 0 aliphatic rings. The zero-order chi connectivity index (χ0) is 13.1. The molecule has 0 unspecified atom stereocenters. The fourth-order valence-electron chi connectivity index (χ4n) is 1.40. The van der Waals surface area contributed by atoms with Gasteiger partial charge >= 0.3 is 0 Å². The van der Waals surface area contributed by atoms with Gasteiger partial charge in [0.25, 0.3) is 5.91 Å². The minimum absolute atomic E-state index is 0.108. The van der Waals surface area contributed by atoms with Gasteiger partial charge in [-0.2, -0.15) is 5.26 Å². The van der Waals surface area contributed by atoms with Gasteiger partial charge in [0.05, 0.1) is 28.7 Å². The highest BCUT2D eigenvalue weighted by Gasteiger charge is 2.13. The molecule has 1 aromatic heterocycles. The Hall–Kier alpha value is -2.81. The van der Waals surface area contributed by atoms with Crippen LogP contribution in [0.15, 0.2) is 28.8 Å². The number of nitrogens with one attached hydrogen (secondary N) is 1. The molecule has 18 heavy (non-hydrogen) atoms. The second-order valence-electron chi connectivity index (χ2n) is 3.70. The van der Waals surface area contributed by atoms with Gasteiger partial charge in [-0.1, -0.05) is 5.16 Å². The number of nitrogens with zero attached hydrogens (tertiary/aromatic N) is 2. The molecule has 90 valence electrons. The third-order valence-electron chi connectivity index (χ3n) is 2.28. The average molecular weight is 242 g/mol. The Morgan fingerprint density at radius 1 is 1.50 bits per heavy atom. The van der Waals surface area contributed by atoms with Gasteiger partial charge in [0.1, 0.15) is 0 Å². The zero-order valence-corrected chi connectivity index (χ0v) is 9.60. The van der Waals surface area contributed by atoms with Gasteiger partial charge in [-0.15, -0.1) is 0 Å². The summed E-state index contributed by atoms with van der Waals surface area (Å²) in [5.74, 6) is -0.330. The van der Waals surface area contributed by atoms with Gasteiger partial charge in [0, 0.05) is 6.07 Å². The highest BCUT2D eigenvalue weighted by atomic mass is 16.5. The Balaban J connectivity index is 2.20. The maximum absolute atomic E-state index is 11.8. The summed E-state index contributed by atoms with van der Waals surface area (Å²) in [4.78, 5) is 11.8. The van der Waals surface area contributed by atoms with Crippen LogP contribution in [0.1, 0.15) is 21.8 Å².